The molecule has 2 spiro atoms. The van der Waals surface area contributed by atoms with E-state index < -0.39 is 5.79 Å². The molecule has 1 aromatic heterocycles. The number of fused-ring (bicyclic) bond motifs is 1. The number of hydrogen-bond donors (Lipinski definition) is 1. The van der Waals surface area contributed by atoms with E-state index in [1.807, 2.05) is 0 Å². The van der Waals surface area contributed by atoms with E-state index in [1.54, 1.807) is 6.92 Å². The van der Waals surface area contributed by atoms with E-state index in [0.29, 0.717) is 68.6 Å². The molecule has 1 saturated carbocycles. The van der Waals surface area contributed by atoms with Crippen molar-refractivity contribution in [3.8, 4) is 0 Å². The summed E-state index contributed by atoms with van der Waals surface area (Å²) in [7, 11) is 0. The van der Waals surface area contributed by atoms with E-state index in [0.717, 1.165) is 36.1 Å². The Bertz CT molecular complexity index is 782. The molecule has 8 nitrogen and oxygen atoms in total. The van der Waals surface area contributed by atoms with Crippen LogP contribution in [0.5, 0.6) is 0 Å². The quantitative estimate of drug-likeness (QED) is 0.701. The molecule has 0 amide bonds. The minimum Gasteiger partial charge on any atom is -0.462 e. The molecule has 0 bridgehead atoms. The molecule has 9 heteroatoms. The summed E-state index contributed by atoms with van der Waals surface area (Å²) in [6.07, 6.45) is 4.95. The molecular weight excluding hydrogens is 410 g/mol. The monoisotopic (exact) mass is 439 g/mol. The number of thiophene rings is 1. The second-order valence-electron chi connectivity index (χ2n) is 7.89. The Morgan fingerprint density at radius 3 is 2.17 bits per heavy atom. The number of carbonyl (C=O) groups is 2. The average molecular weight is 440 g/mol. The minimum absolute atomic E-state index is 0.318. The molecule has 0 aromatic carbocycles. The molecule has 30 heavy (non-hydrogen) atoms. The molecule has 5 rings (SSSR count). The van der Waals surface area contributed by atoms with Gasteiger partial charge >= 0.3 is 5.97 Å². The third-order valence-electron chi connectivity index (χ3n) is 5.98. The molecule has 2 aliphatic heterocycles. The number of Topliss-reactive ketones (excluding diaryl/α,β-unsaturated/α-hetero) is 1. The van der Waals surface area contributed by atoms with Gasteiger partial charge in [0, 0.05) is 43.4 Å². The Hall–Kier alpha value is -1.52. The molecule has 0 unspecified atom stereocenters. The molecule has 4 aliphatic rings. The third-order valence-corrected chi connectivity index (χ3v) is 7.04. The average Bonchev–Trinajstić information content (AvgIpc) is 3.44. The van der Waals surface area contributed by atoms with Crippen molar-refractivity contribution in [2.75, 3.05) is 38.8 Å². The zero-order valence-electron chi connectivity index (χ0n) is 17.3. The van der Waals surface area contributed by atoms with Crippen molar-refractivity contribution >= 4 is 28.1 Å². The Balaban J connectivity index is 0.000000168. The van der Waals surface area contributed by atoms with Gasteiger partial charge in [0.1, 0.15) is 10.8 Å². The number of ketones is 1. The Kier molecular flexibility index (Phi) is 6.45. The van der Waals surface area contributed by atoms with Gasteiger partial charge in [0.15, 0.2) is 11.6 Å². The lowest BCUT2D eigenvalue weighted by molar-refractivity contribution is -0.179. The van der Waals surface area contributed by atoms with Gasteiger partial charge in [-0.3, -0.25) is 4.79 Å². The van der Waals surface area contributed by atoms with Gasteiger partial charge in [-0.05, 0) is 18.9 Å². The second-order valence-corrected chi connectivity index (χ2v) is 9.03. The van der Waals surface area contributed by atoms with E-state index in [2.05, 4.69) is 0 Å². The third kappa shape index (κ3) is 4.40. The molecule has 1 aromatic rings. The first-order valence-electron chi connectivity index (χ1n) is 10.6. The van der Waals surface area contributed by atoms with Crippen molar-refractivity contribution in [1.29, 1.82) is 0 Å². The molecule has 166 valence electrons. The van der Waals surface area contributed by atoms with Crippen molar-refractivity contribution in [3.05, 3.63) is 16.0 Å². The zero-order chi connectivity index (χ0) is 21.2. The van der Waals surface area contributed by atoms with Gasteiger partial charge in [-0.1, -0.05) is 0 Å². The Labute approximate surface area is 179 Å². The summed E-state index contributed by atoms with van der Waals surface area (Å²) in [5.41, 5.74) is 7.55. The molecule has 0 atom stereocenters. The number of anilines is 1. The van der Waals surface area contributed by atoms with Gasteiger partial charge < -0.3 is 29.4 Å². The lowest BCUT2D eigenvalue weighted by Crippen LogP contribution is -2.36. The lowest BCUT2D eigenvalue weighted by Gasteiger charge is -2.31. The summed E-state index contributed by atoms with van der Waals surface area (Å²) in [6, 6.07) is 0. The van der Waals surface area contributed by atoms with Crippen LogP contribution >= 0.6 is 11.3 Å². The minimum atomic E-state index is -0.490. The molecule has 0 radical (unpaired) electrons. The highest BCUT2D eigenvalue weighted by Crippen LogP contribution is 2.42. The highest BCUT2D eigenvalue weighted by molar-refractivity contribution is 7.16. The van der Waals surface area contributed by atoms with Crippen LogP contribution in [0.4, 0.5) is 5.00 Å². The van der Waals surface area contributed by atoms with Crippen LogP contribution < -0.4 is 5.73 Å². The highest BCUT2D eigenvalue weighted by atomic mass is 32.1. The maximum atomic E-state index is 12.0. The van der Waals surface area contributed by atoms with Gasteiger partial charge in [0.2, 0.25) is 0 Å². The van der Waals surface area contributed by atoms with Crippen LogP contribution in [0, 0.1) is 0 Å². The van der Waals surface area contributed by atoms with Crippen molar-refractivity contribution in [1.82, 2.24) is 0 Å². The summed E-state index contributed by atoms with van der Waals surface area (Å²) >= 11 is 1.45. The predicted molar refractivity (Wildman–Crippen MR) is 109 cm³/mol. The van der Waals surface area contributed by atoms with Crippen LogP contribution in [0.15, 0.2) is 0 Å². The van der Waals surface area contributed by atoms with Crippen LogP contribution in [-0.2, 0) is 41.3 Å². The molecule has 3 heterocycles. The van der Waals surface area contributed by atoms with Crippen molar-refractivity contribution in [2.24, 2.45) is 0 Å². The fourth-order valence-electron chi connectivity index (χ4n) is 4.46. The molecule has 2 saturated heterocycles. The summed E-state index contributed by atoms with van der Waals surface area (Å²) in [4.78, 5) is 23.9. The molecule has 2 aliphatic carbocycles. The number of rotatable bonds is 2. The fraction of sp³-hybridized carbons (Fsp3) is 0.714. The van der Waals surface area contributed by atoms with E-state index >= 15 is 0 Å². The fourth-order valence-corrected chi connectivity index (χ4v) is 5.65. The smallest absolute Gasteiger partial charge is 0.341 e. The SMILES string of the molecule is CCOC(=O)c1c(N)sc2c1CCC1(C2)OCCO1.O=C1CCC2(CC1)OCCO2. The molecular formula is C21H29NO7S. The van der Waals surface area contributed by atoms with Crippen molar-refractivity contribution in [2.45, 2.75) is 63.4 Å². The normalized spacial score (nSPS) is 23.8. The summed E-state index contributed by atoms with van der Waals surface area (Å²) in [5.74, 6) is -0.833. The van der Waals surface area contributed by atoms with Gasteiger partial charge in [0.25, 0.3) is 0 Å². The van der Waals surface area contributed by atoms with E-state index in [1.165, 1.54) is 11.3 Å². The summed E-state index contributed by atoms with van der Waals surface area (Å²) in [5, 5.41) is 0.540. The van der Waals surface area contributed by atoms with Gasteiger partial charge in [-0.25, -0.2) is 4.79 Å². The van der Waals surface area contributed by atoms with E-state index in [4.69, 9.17) is 29.4 Å². The second kappa shape index (κ2) is 8.92. The standard InChI is InChI=1S/C13H17NO4S.C8H12O3/c1-2-16-12(15)10-8-3-4-13(17-5-6-18-13)7-9(8)19-11(10)14;9-7-1-3-8(4-2-7)10-5-6-11-8/h2-7,14H2,1H3;1-6H2. The van der Waals surface area contributed by atoms with E-state index in [-0.39, 0.29) is 11.8 Å². The topological polar surface area (TPSA) is 106 Å². The number of carbonyl (C=O) groups excluding carboxylic acids is 2. The first-order valence-corrected chi connectivity index (χ1v) is 11.4. The first-order chi connectivity index (χ1) is 14.5. The van der Waals surface area contributed by atoms with Crippen LogP contribution in [0.3, 0.4) is 0 Å². The number of nitrogen functional groups attached to an aromatic ring is 1. The van der Waals surface area contributed by atoms with Crippen LogP contribution in [0.25, 0.3) is 0 Å². The number of nitrogens with two attached hydrogens (primary N) is 1. The van der Waals surface area contributed by atoms with Crippen LogP contribution in [-0.4, -0.2) is 56.4 Å². The van der Waals surface area contributed by atoms with Crippen LogP contribution in [0.1, 0.15) is 59.8 Å². The first kappa shape index (κ1) is 21.7. The van der Waals surface area contributed by atoms with Gasteiger partial charge in [-0.2, -0.15) is 0 Å². The highest BCUT2D eigenvalue weighted by Gasteiger charge is 2.42. The lowest BCUT2D eigenvalue weighted by atomic mass is 9.91. The largest absolute Gasteiger partial charge is 0.462 e. The molecule has 3 fully saturated rings. The zero-order valence-corrected chi connectivity index (χ0v) is 18.1. The van der Waals surface area contributed by atoms with E-state index in [9.17, 15) is 9.59 Å². The number of ether oxygens (including phenoxy) is 5. The molecule has 2 N–H and O–H groups in total. The van der Waals surface area contributed by atoms with Gasteiger partial charge in [0.05, 0.1) is 38.6 Å². The predicted octanol–water partition coefficient (Wildman–Crippen LogP) is 2.61. The summed E-state index contributed by atoms with van der Waals surface area (Å²) in [6.45, 7) is 4.81. The number of hydrogen-bond acceptors (Lipinski definition) is 9. The Morgan fingerprint density at radius 1 is 1.00 bits per heavy atom. The Morgan fingerprint density at radius 2 is 1.57 bits per heavy atom. The van der Waals surface area contributed by atoms with Crippen molar-refractivity contribution < 1.29 is 33.3 Å². The van der Waals surface area contributed by atoms with Crippen LogP contribution in [0.2, 0.25) is 0 Å². The summed E-state index contributed by atoms with van der Waals surface area (Å²) < 4.78 is 27.4. The van der Waals surface area contributed by atoms with Gasteiger partial charge in [-0.15, -0.1) is 11.3 Å². The number of esters is 1. The van der Waals surface area contributed by atoms with Crippen molar-refractivity contribution in [3.63, 3.8) is 0 Å². The maximum Gasteiger partial charge on any atom is 0.341 e. The maximum absolute atomic E-state index is 12.0.